The van der Waals surface area contributed by atoms with Crippen LogP contribution < -0.4 is 5.43 Å². The van der Waals surface area contributed by atoms with Crippen molar-refractivity contribution in [2.75, 3.05) is 12.3 Å². The molecule has 21 heavy (non-hydrogen) atoms. The van der Waals surface area contributed by atoms with Crippen molar-refractivity contribution < 1.29 is 24.2 Å². The molecule has 7 nitrogen and oxygen atoms in total. The summed E-state index contributed by atoms with van der Waals surface area (Å²) in [5.41, 5.74) is 4.55. The van der Waals surface area contributed by atoms with Gasteiger partial charge >= 0.3 is 11.9 Å². The summed E-state index contributed by atoms with van der Waals surface area (Å²) < 4.78 is 4.97. The Kier molecular flexibility index (Phi) is 3.54. The summed E-state index contributed by atoms with van der Waals surface area (Å²) in [6.45, 7) is 0.741. The number of ketones is 1. The maximum atomic E-state index is 12.1. The van der Waals surface area contributed by atoms with Crippen molar-refractivity contribution in [3.63, 3.8) is 0 Å². The molecular formula is C13H12N2O5S. The predicted octanol–water partition coefficient (Wildman–Crippen LogP) is 0.437. The lowest BCUT2D eigenvalue weighted by atomic mass is 9.91. The highest BCUT2D eigenvalue weighted by molar-refractivity contribution is 8.04. The minimum atomic E-state index is -1.26. The lowest BCUT2D eigenvalue weighted by molar-refractivity contribution is -0.148. The topological polar surface area (TPSA) is 105 Å². The van der Waals surface area contributed by atoms with Gasteiger partial charge < -0.3 is 15.3 Å². The minimum Gasteiger partial charge on any atom is -0.481 e. The Balaban J connectivity index is 1.78. The summed E-state index contributed by atoms with van der Waals surface area (Å²) in [7, 11) is 0. The first-order chi connectivity index (χ1) is 10.0. The van der Waals surface area contributed by atoms with Crippen molar-refractivity contribution in [2.24, 2.45) is 11.0 Å². The summed E-state index contributed by atoms with van der Waals surface area (Å²) >= 11 is 1.49. The van der Waals surface area contributed by atoms with Gasteiger partial charge in [-0.25, -0.2) is 0 Å². The quantitative estimate of drug-likeness (QED) is 0.575. The Morgan fingerprint density at radius 1 is 1.52 bits per heavy atom. The number of aliphatic carboxylic acids is 1. The third-order valence-corrected chi connectivity index (χ3v) is 4.65. The lowest BCUT2D eigenvalue weighted by Crippen LogP contribution is -2.28. The van der Waals surface area contributed by atoms with Crippen LogP contribution >= 0.6 is 11.8 Å². The molecule has 1 unspecified atom stereocenters. The van der Waals surface area contributed by atoms with Crippen LogP contribution in [0, 0.1) is 5.92 Å². The monoisotopic (exact) mass is 308 g/mol. The average molecular weight is 308 g/mol. The molecular weight excluding hydrogens is 296 g/mol. The highest BCUT2D eigenvalue weighted by Crippen LogP contribution is 2.39. The van der Waals surface area contributed by atoms with Gasteiger partial charge in [-0.3, -0.25) is 14.4 Å². The molecule has 110 valence electrons. The van der Waals surface area contributed by atoms with Gasteiger partial charge in [0, 0.05) is 36.3 Å². The number of allylic oxidation sites excluding steroid dienone is 3. The number of rotatable bonds is 3. The van der Waals surface area contributed by atoms with E-state index in [0.29, 0.717) is 4.91 Å². The van der Waals surface area contributed by atoms with Gasteiger partial charge in [0.1, 0.15) is 12.2 Å². The van der Waals surface area contributed by atoms with E-state index in [1.54, 1.807) is 0 Å². The van der Waals surface area contributed by atoms with Crippen LogP contribution in [0.15, 0.2) is 27.4 Å². The van der Waals surface area contributed by atoms with Crippen molar-refractivity contribution in [2.45, 2.75) is 12.8 Å². The number of thioether (sulfide) groups is 1. The SMILES string of the molecule is O=C(O)CC(=O)OC1=CC(=O)C2=C(C1)C1=NNCC1CS2. The van der Waals surface area contributed by atoms with E-state index in [0.717, 1.165) is 23.6 Å². The normalized spacial score (nSPS) is 23.6. The van der Waals surface area contributed by atoms with Gasteiger partial charge in [0.05, 0.1) is 10.6 Å². The second kappa shape index (κ2) is 5.36. The number of hydrogen-bond acceptors (Lipinski definition) is 7. The molecule has 0 saturated carbocycles. The van der Waals surface area contributed by atoms with Crippen LogP contribution in [-0.4, -0.2) is 40.8 Å². The molecule has 0 aromatic carbocycles. The van der Waals surface area contributed by atoms with Gasteiger partial charge in [-0.2, -0.15) is 5.10 Å². The fourth-order valence-electron chi connectivity index (χ4n) is 2.47. The molecule has 3 aliphatic rings. The van der Waals surface area contributed by atoms with E-state index in [2.05, 4.69) is 10.5 Å². The zero-order valence-corrected chi connectivity index (χ0v) is 11.7. The maximum Gasteiger partial charge on any atom is 0.322 e. The van der Waals surface area contributed by atoms with Gasteiger partial charge in [-0.15, -0.1) is 11.8 Å². The van der Waals surface area contributed by atoms with Crippen molar-refractivity contribution in [3.8, 4) is 0 Å². The fraction of sp³-hybridized carbons (Fsp3) is 0.385. The van der Waals surface area contributed by atoms with E-state index in [1.807, 2.05) is 0 Å². The Labute approximate surface area is 124 Å². The molecule has 0 fully saturated rings. The average Bonchev–Trinajstić information content (AvgIpc) is 2.86. The molecule has 0 saturated heterocycles. The number of esters is 1. The predicted molar refractivity (Wildman–Crippen MR) is 74.5 cm³/mol. The third kappa shape index (κ3) is 2.71. The molecule has 1 atom stereocenters. The summed E-state index contributed by atoms with van der Waals surface area (Å²) in [5.74, 6) is -1.11. The number of ether oxygens (including phenoxy) is 1. The number of fused-ring (bicyclic) bond motifs is 2. The van der Waals surface area contributed by atoms with Crippen LogP contribution in [0.2, 0.25) is 0 Å². The molecule has 0 amide bonds. The van der Waals surface area contributed by atoms with Crippen LogP contribution in [0.4, 0.5) is 0 Å². The molecule has 0 bridgehead atoms. The minimum absolute atomic E-state index is 0.181. The van der Waals surface area contributed by atoms with Gasteiger partial charge in [-0.1, -0.05) is 0 Å². The summed E-state index contributed by atoms with van der Waals surface area (Å²) in [4.78, 5) is 34.6. The van der Waals surface area contributed by atoms with E-state index in [9.17, 15) is 14.4 Å². The molecule has 0 spiro atoms. The number of carboxylic acid groups (broad SMARTS) is 1. The van der Waals surface area contributed by atoms with Crippen LogP contribution in [0.5, 0.6) is 0 Å². The molecule has 3 rings (SSSR count). The van der Waals surface area contributed by atoms with Crippen LogP contribution in [0.1, 0.15) is 12.8 Å². The van der Waals surface area contributed by atoms with Gasteiger partial charge in [0.2, 0.25) is 0 Å². The van der Waals surface area contributed by atoms with Crippen molar-refractivity contribution in [1.82, 2.24) is 5.43 Å². The molecule has 2 heterocycles. The van der Waals surface area contributed by atoms with E-state index in [-0.39, 0.29) is 23.9 Å². The number of hydrogen-bond donors (Lipinski definition) is 2. The lowest BCUT2D eigenvalue weighted by Gasteiger charge is -2.26. The number of nitrogens with one attached hydrogen (secondary N) is 1. The first-order valence-corrected chi connectivity index (χ1v) is 7.37. The fourth-order valence-corrected chi connectivity index (χ4v) is 3.66. The second-order valence-electron chi connectivity index (χ2n) is 4.87. The van der Waals surface area contributed by atoms with Crippen molar-refractivity contribution in [3.05, 3.63) is 22.3 Å². The third-order valence-electron chi connectivity index (χ3n) is 3.34. The van der Waals surface area contributed by atoms with E-state index in [4.69, 9.17) is 9.84 Å². The summed E-state index contributed by atoms with van der Waals surface area (Å²) in [6, 6.07) is 0. The van der Waals surface area contributed by atoms with Crippen LogP contribution in [0.3, 0.4) is 0 Å². The second-order valence-corrected chi connectivity index (χ2v) is 5.90. The molecule has 1 aliphatic carbocycles. The van der Waals surface area contributed by atoms with E-state index >= 15 is 0 Å². The van der Waals surface area contributed by atoms with Gasteiger partial charge in [0.15, 0.2) is 5.78 Å². The zero-order valence-electron chi connectivity index (χ0n) is 10.9. The number of carbonyl (C=O) groups is 3. The standard InChI is InChI=1S/C13H12N2O5S/c16-9-2-7(20-11(19)3-10(17)18)1-8-12-6(4-14-15-12)5-21-13(8)9/h2,6,14H,1,3-5H2,(H,17,18). The van der Waals surface area contributed by atoms with Gasteiger partial charge in [0.25, 0.3) is 0 Å². The molecule has 0 aromatic heterocycles. The Morgan fingerprint density at radius 3 is 3.10 bits per heavy atom. The maximum absolute atomic E-state index is 12.1. The molecule has 2 aliphatic heterocycles. The first kappa shape index (κ1) is 13.9. The summed E-state index contributed by atoms with van der Waals surface area (Å²) in [5, 5.41) is 12.8. The number of carboxylic acids is 1. The van der Waals surface area contributed by atoms with Gasteiger partial charge in [-0.05, 0) is 0 Å². The van der Waals surface area contributed by atoms with E-state index < -0.39 is 18.4 Å². The highest BCUT2D eigenvalue weighted by atomic mass is 32.2. The molecule has 0 radical (unpaired) electrons. The molecule has 0 aromatic rings. The largest absolute Gasteiger partial charge is 0.481 e. The number of carbonyl (C=O) groups excluding carboxylic acids is 2. The Bertz CT molecular complexity index is 634. The highest BCUT2D eigenvalue weighted by Gasteiger charge is 2.36. The summed E-state index contributed by atoms with van der Waals surface area (Å²) in [6.07, 6.45) is 0.822. The van der Waals surface area contributed by atoms with Crippen LogP contribution in [-0.2, 0) is 19.1 Å². The smallest absolute Gasteiger partial charge is 0.322 e. The molecule has 8 heteroatoms. The zero-order chi connectivity index (χ0) is 15.0. The number of nitrogens with zero attached hydrogens (tertiary/aromatic N) is 1. The number of hydrazone groups is 1. The van der Waals surface area contributed by atoms with Crippen molar-refractivity contribution in [1.29, 1.82) is 0 Å². The molecule has 2 N–H and O–H groups in total. The van der Waals surface area contributed by atoms with E-state index in [1.165, 1.54) is 17.8 Å². The Hall–Kier alpha value is -2.09. The first-order valence-electron chi connectivity index (χ1n) is 6.38. The van der Waals surface area contributed by atoms with Crippen LogP contribution in [0.25, 0.3) is 0 Å². The van der Waals surface area contributed by atoms with Crippen molar-refractivity contribution >= 4 is 35.2 Å². The Morgan fingerprint density at radius 2 is 2.33 bits per heavy atom.